The van der Waals surface area contributed by atoms with Crippen LogP contribution in [0.15, 0.2) is 21.1 Å². The molecule has 108 valence electrons. The van der Waals surface area contributed by atoms with Gasteiger partial charge in [-0.2, -0.15) is 0 Å². The van der Waals surface area contributed by atoms with E-state index in [1.807, 2.05) is 12.1 Å². The molecule has 1 rings (SSSR count). The third-order valence-corrected chi connectivity index (χ3v) is 4.33. The lowest BCUT2D eigenvalue weighted by Gasteiger charge is -2.30. The summed E-state index contributed by atoms with van der Waals surface area (Å²) >= 11 is 6.76. The van der Waals surface area contributed by atoms with Gasteiger partial charge in [-0.1, -0.05) is 6.92 Å². The molecule has 0 spiro atoms. The molecule has 0 aliphatic heterocycles. The Bertz CT molecular complexity index is 401. The first-order valence-corrected chi connectivity index (χ1v) is 7.99. The van der Waals surface area contributed by atoms with Crippen LogP contribution in [0, 0.1) is 0 Å². The number of aromatic hydroxyl groups is 1. The summed E-state index contributed by atoms with van der Waals surface area (Å²) in [7, 11) is 4.19. The normalized spacial score (nSPS) is 13.3. The summed E-state index contributed by atoms with van der Waals surface area (Å²) < 4.78 is 1.46. The summed E-state index contributed by atoms with van der Waals surface area (Å²) in [6.07, 6.45) is 0. The maximum atomic E-state index is 9.74. The number of phenols is 1. The Labute approximate surface area is 132 Å². The Hall–Kier alpha value is -0.100. The zero-order valence-electron chi connectivity index (χ0n) is 12.0. The zero-order chi connectivity index (χ0) is 14.6. The first-order chi connectivity index (χ1) is 8.85. The van der Waals surface area contributed by atoms with Gasteiger partial charge in [0.05, 0.1) is 8.95 Å². The van der Waals surface area contributed by atoms with Crippen LogP contribution in [0.1, 0.15) is 19.4 Å². The molecule has 3 nitrogen and oxygen atoms in total. The Morgan fingerprint density at radius 3 is 2.16 bits per heavy atom. The molecule has 1 unspecified atom stereocenters. The predicted molar refractivity (Wildman–Crippen MR) is 87.6 cm³/mol. The highest BCUT2D eigenvalue weighted by Gasteiger charge is 2.15. The van der Waals surface area contributed by atoms with Crippen molar-refractivity contribution in [3.63, 3.8) is 0 Å². The Kier molecular flexibility index (Phi) is 6.80. The second kappa shape index (κ2) is 7.62. The smallest absolute Gasteiger partial charge is 0.143 e. The van der Waals surface area contributed by atoms with E-state index in [4.69, 9.17) is 0 Å². The van der Waals surface area contributed by atoms with E-state index in [0.29, 0.717) is 6.04 Å². The van der Waals surface area contributed by atoms with Crippen LogP contribution < -0.4 is 0 Å². The van der Waals surface area contributed by atoms with Crippen LogP contribution in [0.2, 0.25) is 0 Å². The Balaban J connectivity index is 2.81. The third-order valence-electron chi connectivity index (χ3n) is 3.12. The molecule has 0 heterocycles. The van der Waals surface area contributed by atoms with E-state index in [0.717, 1.165) is 28.6 Å². The molecule has 19 heavy (non-hydrogen) atoms. The summed E-state index contributed by atoms with van der Waals surface area (Å²) in [5.74, 6) is 0.258. The van der Waals surface area contributed by atoms with E-state index in [-0.39, 0.29) is 5.75 Å². The van der Waals surface area contributed by atoms with E-state index < -0.39 is 0 Å². The molecule has 1 aromatic carbocycles. The van der Waals surface area contributed by atoms with Crippen molar-refractivity contribution in [2.75, 3.05) is 27.2 Å². The fourth-order valence-corrected chi connectivity index (χ4v) is 3.45. The van der Waals surface area contributed by atoms with Crippen LogP contribution in [-0.4, -0.2) is 48.1 Å². The molecule has 0 fully saturated rings. The van der Waals surface area contributed by atoms with Gasteiger partial charge in [0.25, 0.3) is 0 Å². The van der Waals surface area contributed by atoms with Crippen molar-refractivity contribution < 1.29 is 5.11 Å². The summed E-state index contributed by atoms with van der Waals surface area (Å²) in [6.45, 7) is 7.34. The molecule has 0 aliphatic rings. The van der Waals surface area contributed by atoms with Crippen molar-refractivity contribution in [3.05, 3.63) is 26.6 Å². The van der Waals surface area contributed by atoms with Crippen molar-refractivity contribution >= 4 is 31.9 Å². The van der Waals surface area contributed by atoms with Gasteiger partial charge in [-0.05, 0) is 77.1 Å². The number of likely N-dealkylation sites (N-methyl/N-ethyl adjacent to an activating group) is 2. The number of halogens is 2. The van der Waals surface area contributed by atoms with Gasteiger partial charge in [0.1, 0.15) is 5.75 Å². The summed E-state index contributed by atoms with van der Waals surface area (Å²) in [5.41, 5.74) is 1.18. The quantitative estimate of drug-likeness (QED) is 0.798. The molecule has 1 aromatic rings. The topological polar surface area (TPSA) is 26.7 Å². The minimum Gasteiger partial charge on any atom is -0.506 e. The number of hydrogen-bond acceptors (Lipinski definition) is 3. The van der Waals surface area contributed by atoms with Crippen LogP contribution in [0.3, 0.4) is 0 Å². The average molecular weight is 394 g/mol. The second-order valence-corrected chi connectivity index (χ2v) is 6.79. The van der Waals surface area contributed by atoms with Crippen molar-refractivity contribution in [1.82, 2.24) is 9.80 Å². The van der Waals surface area contributed by atoms with Gasteiger partial charge >= 0.3 is 0 Å². The number of nitrogens with zero attached hydrogens (tertiary/aromatic N) is 2. The van der Waals surface area contributed by atoms with E-state index >= 15 is 0 Å². The van der Waals surface area contributed by atoms with Crippen molar-refractivity contribution in [1.29, 1.82) is 0 Å². The lowest BCUT2D eigenvalue weighted by atomic mass is 10.1. The van der Waals surface area contributed by atoms with Crippen LogP contribution in [0.25, 0.3) is 0 Å². The molecule has 0 amide bonds. The summed E-state index contributed by atoms with van der Waals surface area (Å²) in [4.78, 5) is 4.63. The lowest BCUT2D eigenvalue weighted by Crippen LogP contribution is -2.39. The van der Waals surface area contributed by atoms with E-state index in [2.05, 4.69) is 69.6 Å². The molecule has 0 bridgehead atoms. The first-order valence-electron chi connectivity index (χ1n) is 6.40. The number of benzene rings is 1. The van der Waals surface area contributed by atoms with Crippen LogP contribution in [-0.2, 0) is 6.54 Å². The van der Waals surface area contributed by atoms with Gasteiger partial charge in [0, 0.05) is 19.1 Å². The van der Waals surface area contributed by atoms with Crippen molar-refractivity contribution in [3.8, 4) is 5.75 Å². The van der Waals surface area contributed by atoms with E-state index in [1.165, 1.54) is 5.56 Å². The molecule has 1 N–H and O–H groups in total. The fourth-order valence-electron chi connectivity index (χ4n) is 2.17. The van der Waals surface area contributed by atoms with Crippen molar-refractivity contribution in [2.45, 2.75) is 26.4 Å². The molecule has 0 radical (unpaired) electrons. The lowest BCUT2D eigenvalue weighted by molar-refractivity contribution is 0.174. The molecule has 5 heteroatoms. The van der Waals surface area contributed by atoms with Crippen LogP contribution in [0.4, 0.5) is 0 Å². The maximum Gasteiger partial charge on any atom is 0.143 e. The Morgan fingerprint density at radius 2 is 1.74 bits per heavy atom. The van der Waals surface area contributed by atoms with E-state index in [1.54, 1.807) is 0 Å². The largest absolute Gasteiger partial charge is 0.506 e. The zero-order valence-corrected chi connectivity index (χ0v) is 15.1. The molecular formula is C14H22Br2N2O. The molecule has 0 aromatic heterocycles. The van der Waals surface area contributed by atoms with E-state index in [9.17, 15) is 5.11 Å². The van der Waals surface area contributed by atoms with Gasteiger partial charge in [-0.3, -0.25) is 4.90 Å². The summed E-state index contributed by atoms with van der Waals surface area (Å²) in [6, 6.07) is 4.45. The van der Waals surface area contributed by atoms with Gasteiger partial charge in [0.2, 0.25) is 0 Å². The minimum absolute atomic E-state index is 0.258. The van der Waals surface area contributed by atoms with Gasteiger partial charge < -0.3 is 10.0 Å². The highest BCUT2D eigenvalue weighted by molar-refractivity contribution is 9.11. The maximum absolute atomic E-state index is 9.74. The number of rotatable bonds is 6. The third kappa shape index (κ3) is 5.06. The highest BCUT2D eigenvalue weighted by Crippen LogP contribution is 2.33. The molecule has 0 saturated carbocycles. The van der Waals surface area contributed by atoms with Gasteiger partial charge in [-0.15, -0.1) is 0 Å². The van der Waals surface area contributed by atoms with Crippen LogP contribution in [0.5, 0.6) is 5.75 Å². The predicted octanol–water partition coefficient (Wildman–Crippen LogP) is 3.69. The Morgan fingerprint density at radius 1 is 1.21 bits per heavy atom. The first kappa shape index (κ1) is 17.0. The molecular weight excluding hydrogens is 372 g/mol. The fraction of sp³-hybridized carbons (Fsp3) is 0.571. The standard InChI is InChI=1S/C14H22Br2N2O/c1-5-18(10(2)8-17(3)4)9-11-6-12(15)14(19)13(16)7-11/h6-7,10,19H,5,8-9H2,1-4H3. The van der Waals surface area contributed by atoms with Crippen molar-refractivity contribution in [2.24, 2.45) is 0 Å². The SMILES string of the molecule is CCN(Cc1cc(Br)c(O)c(Br)c1)C(C)CN(C)C. The molecule has 1 atom stereocenters. The number of phenolic OH excluding ortho intramolecular Hbond substituents is 1. The summed E-state index contributed by atoms with van der Waals surface area (Å²) in [5, 5.41) is 9.74. The van der Waals surface area contributed by atoms with Crippen LogP contribution >= 0.6 is 31.9 Å². The number of hydrogen-bond donors (Lipinski definition) is 1. The second-order valence-electron chi connectivity index (χ2n) is 5.08. The highest BCUT2D eigenvalue weighted by atomic mass is 79.9. The van der Waals surface area contributed by atoms with Gasteiger partial charge in [0.15, 0.2) is 0 Å². The molecule has 0 aliphatic carbocycles. The monoisotopic (exact) mass is 392 g/mol. The average Bonchev–Trinajstić information content (AvgIpc) is 2.31. The molecule has 0 saturated heterocycles. The van der Waals surface area contributed by atoms with Gasteiger partial charge in [-0.25, -0.2) is 0 Å². The minimum atomic E-state index is 0.258.